The summed E-state index contributed by atoms with van der Waals surface area (Å²) in [4.78, 5) is 6.49. The van der Waals surface area contributed by atoms with E-state index in [1.807, 2.05) is 12.5 Å². The van der Waals surface area contributed by atoms with Crippen LogP contribution in [0.1, 0.15) is 35.7 Å². The van der Waals surface area contributed by atoms with Crippen LogP contribution in [0.3, 0.4) is 0 Å². The second-order valence-corrected chi connectivity index (χ2v) is 6.13. The summed E-state index contributed by atoms with van der Waals surface area (Å²) in [6.45, 7) is 2.77. The first-order valence-corrected chi connectivity index (χ1v) is 7.67. The van der Waals surface area contributed by atoms with Crippen LogP contribution >= 0.6 is 0 Å². The monoisotopic (exact) mass is 284 g/mol. The van der Waals surface area contributed by atoms with Crippen LogP contribution in [0.5, 0.6) is 0 Å². The van der Waals surface area contributed by atoms with Crippen molar-refractivity contribution in [2.75, 3.05) is 14.1 Å². The molecule has 4 nitrogen and oxygen atoms in total. The summed E-state index contributed by atoms with van der Waals surface area (Å²) in [5, 5.41) is 3.56. The zero-order valence-electron chi connectivity index (χ0n) is 12.9. The van der Waals surface area contributed by atoms with Gasteiger partial charge in [-0.3, -0.25) is 0 Å². The largest absolute Gasteiger partial charge is 0.330 e. The molecule has 1 fully saturated rings. The Labute approximate surface area is 126 Å². The number of nitrogens with zero attached hydrogens (tertiary/aromatic N) is 3. The highest BCUT2D eigenvalue weighted by Crippen LogP contribution is 2.35. The number of aromatic nitrogens is 2. The Morgan fingerprint density at radius 3 is 2.67 bits per heavy atom. The minimum absolute atomic E-state index is 0.699. The summed E-state index contributed by atoms with van der Waals surface area (Å²) >= 11 is 0. The molecule has 0 atom stereocenters. The molecule has 4 heteroatoms. The zero-order valence-corrected chi connectivity index (χ0v) is 12.9. The van der Waals surface area contributed by atoms with Gasteiger partial charge in [-0.15, -0.1) is 0 Å². The van der Waals surface area contributed by atoms with E-state index in [-0.39, 0.29) is 0 Å². The van der Waals surface area contributed by atoms with Crippen LogP contribution in [-0.2, 0) is 19.6 Å². The molecule has 3 rings (SSSR count). The van der Waals surface area contributed by atoms with Gasteiger partial charge in [0.15, 0.2) is 0 Å². The van der Waals surface area contributed by atoms with E-state index in [0.29, 0.717) is 6.04 Å². The lowest BCUT2D eigenvalue weighted by atomic mass is 10.1. The van der Waals surface area contributed by atoms with Gasteiger partial charge in [-0.2, -0.15) is 0 Å². The van der Waals surface area contributed by atoms with Crippen LogP contribution in [0.4, 0.5) is 0 Å². The Kier molecular flexibility index (Phi) is 4.36. The van der Waals surface area contributed by atoms with Gasteiger partial charge in [-0.1, -0.05) is 24.3 Å². The first-order chi connectivity index (χ1) is 10.2. The van der Waals surface area contributed by atoms with Crippen LogP contribution in [-0.4, -0.2) is 28.5 Å². The normalized spacial score (nSPS) is 14.8. The summed E-state index contributed by atoms with van der Waals surface area (Å²) < 4.78 is 2.32. The molecule has 1 saturated carbocycles. The predicted molar refractivity (Wildman–Crippen MR) is 84.9 cm³/mol. The topological polar surface area (TPSA) is 33.1 Å². The summed E-state index contributed by atoms with van der Waals surface area (Å²) in [6, 6.07) is 9.36. The van der Waals surface area contributed by atoms with Gasteiger partial charge in [-0.25, -0.2) is 4.98 Å². The van der Waals surface area contributed by atoms with Crippen molar-refractivity contribution in [3.63, 3.8) is 0 Å². The summed E-state index contributed by atoms with van der Waals surface area (Å²) in [5.41, 5.74) is 4.07. The molecule has 21 heavy (non-hydrogen) atoms. The van der Waals surface area contributed by atoms with Crippen molar-refractivity contribution in [2.45, 2.75) is 38.5 Å². The van der Waals surface area contributed by atoms with Crippen LogP contribution in [0.15, 0.2) is 36.8 Å². The summed E-state index contributed by atoms with van der Waals surface area (Å²) in [7, 11) is 4.22. The molecule has 2 aromatic rings. The number of hydrogen-bond acceptors (Lipinski definition) is 3. The molecule has 0 unspecified atom stereocenters. The first-order valence-electron chi connectivity index (χ1n) is 7.67. The van der Waals surface area contributed by atoms with Crippen molar-refractivity contribution in [1.82, 2.24) is 19.8 Å². The molecule has 0 saturated heterocycles. The smallest absolute Gasteiger partial charge is 0.0951 e. The fourth-order valence-corrected chi connectivity index (χ4v) is 2.70. The molecular formula is C17H24N4. The zero-order chi connectivity index (χ0) is 14.7. The number of nitrogens with one attached hydrogen (secondary N) is 1. The van der Waals surface area contributed by atoms with Gasteiger partial charge in [0.25, 0.3) is 0 Å². The minimum Gasteiger partial charge on any atom is -0.330 e. The maximum Gasteiger partial charge on any atom is 0.0951 e. The Balaban J connectivity index is 1.59. The van der Waals surface area contributed by atoms with Gasteiger partial charge in [0.1, 0.15) is 0 Å². The molecule has 1 heterocycles. The molecule has 0 aliphatic heterocycles. The highest BCUT2D eigenvalue weighted by molar-refractivity contribution is 5.27. The molecule has 1 aliphatic rings. The number of hydrogen-bond donors (Lipinski definition) is 1. The quantitative estimate of drug-likeness (QED) is 0.848. The van der Waals surface area contributed by atoms with Crippen LogP contribution in [0.2, 0.25) is 0 Å². The van der Waals surface area contributed by atoms with Crippen molar-refractivity contribution in [3.05, 3.63) is 53.6 Å². The highest BCUT2D eigenvalue weighted by Gasteiger charge is 2.24. The van der Waals surface area contributed by atoms with Gasteiger partial charge < -0.3 is 14.8 Å². The van der Waals surface area contributed by atoms with Crippen molar-refractivity contribution >= 4 is 0 Å². The third kappa shape index (κ3) is 3.71. The van der Waals surface area contributed by atoms with Crippen LogP contribution in [0, 0.1) is 0 Å². The summed E-state index contributed by atoms with van der Waals surface area (Å²) in [6.07, 6.45) is 6.55. The second-order valence-electron chi connectivity index (χ2n) is 6.13. The maximum absolute atomic E-state index is 4.28. The molecule has 0 spiro atoms. The van der Waals surface area contributed by atoms with Gasteiger partial charge in [-0.05, 0) is 38.1 Å². The van der Waals surface area contributed by atoms with E-state index in [4.69, 9.17) is 0 Å². The lowest BCUT2D eigenvalue weighted by Gasteiger charge is -2.15. The van der Waals surface area contributed by atoms with E-state index in [1.54, 1.807) is 0 Å². The molecule has 1 N–H and O–H groups in total. The fraction of sp³-hybridized carbons (Fsp3) is 0.471. The molecule has 0 radical (unpaired) electrons. The lowest BCUT2D eigenvalue weighted by molar-refractivity contribution is 0.400. The molecule has 112 valence electrons. The average molecular weight is 284 g/mol. The van der Waals surface area contributed by atoms with Gasteiger partial charge in [0.05, 0.1) is 12.0 Å². The van der Waals surface area contributed by atoms with E-state index in [9.17, 15) is 0 Å². The highest BCUT2D eigenvalue weighted by atomic mass is 15.1. The Morgan fingerprint density at radius 1 is 1.19 bits per heavy atom. The standard InChI is InChI=1S/C17H24N4/c1-20(2)12-15-6-4-3-5-14(15)9-18-10-17-11-19-13-21(17)16-7-8-16/h3-6,11,13,16,18H,7-10,12H2,1-2H3. The van der Waals surface area contributed by atoms with Crippen molar-refractivity contribution in [2.24, 2.45) is 0 Å². The lowest BCUT2D eigenvalue weighted by Crippen LogP contribution is -2.18. The third-order valence-corrected chi connectivity index (χ3v) is 3.91. The third-order valence-electron chi connectivity index (χ3n) is 3.91. The van der Waals surface area contributed by atoms with E-state index >= 15 is 0 Å². The Hall–Kier alpha value is -1.65. The van der Waals surface area contributed by atoms with Crippen molar-refractivity contribution < 1.29 is 0 Å². The van der Waals surface area contributed by atoms with Gasteiger partial charge in [0.2, 0.25) is 0 Å². The number of rotatable bonds is 7. The molecule has 1 aliphatic carbocycles. The summed E-state index contributed by atoms with van der Waals surface area (Å²) in [5.74, 6) is 0. The maximum atomic E-state index is 4.28. The minimum atomic E-state index is 0.699. The van der Waals surface area contributed by atoms with Crippen LogP contribution in [0.25, 0.3) is 0 Å². The van der Waals surface area contributed by atoms with Crippen molar-refractivity contribution in [3.8, 4) is 0 Å². The molecule has 0 amide bonds. The number of benzene rings is 1. The van der Waals surface area contributed by atoms with E-state index in [2.05, 4.69) is 58.1 Å². The van der Waals surface area contributed by atoms with Crippen LogP contribution < -0.4 is 5.32 Å². The SMILES string of the molecule is CN(C)Cc1ccccc1CNCc1cncn1C1CC1. The molecule has 1 aromatic carbocycles. The number of imidazole rings is 1. The molecule has 1 aromatic heterocycles. The van der Waals surface area contributed by atoms with Crippen molar-refractivity contribution in [1.29, 1.82) is 0 Å². The predicted octanol–water partition coefficient (Wildman–Crippen LogP) is 2.57. The van der Waals surface area contributed by atoms with E-state index in [0.717, 1.165) is 19.6 Å². The first kappa shape index (κ1) is 14.3. The van der Waals surface area contributed by atoms with E-state index in [1.165, 1.54) is 29.7 Å². The fourth-order valence-electron chi connectivity index (χ4n) is 2.70. The Bertz CT molecular complexity index is 584. The second kappa shape index (κ2) is 6.41. The van der Waals surface area contributed by atoms with Gasteiger partial charge >= 0.3 is 0 Å². The van der Waals surface area contributed by atoms with Gasteiger partial charge in [0, 0.05) is 31.9 Å². The molecule has 0 bridgehead atoms. The molecular weight excluding hydrogens is 260 g/mol. The van der Waals surface area contributed by atoms with E-state index < -0.39 is 0 Å². The Morgan fingerprint density at radius 2 is 1.95 bits per heavy atom. The average Bonchev–Trinajstić information content (AvgIpc) is 3.20.